The molecule has 2 aromatic carbocycles. The molecule has 8 heteroatoms. The van der Waals surface area contributed by atoms with E-state index in [0.29, 0.717) is 44.9 Å². The maximum Gasteiger partial charge on any atom is 0.344 e. The zero-order valence-corrected chi connectivity index (χ0v) is 17.0. The summed E-state index contributed by atoms with van der Waals surface area (Å²) in [5.41, 5.74) is 1.01. The minimum absolute atomic E-state index is 0.225. The fraction of sp³-hybridized carbons (Fsp3) is 0.250. The van der Waals surface area contributed by atoms with Crippen LogP contribution in [0.1, 0.15) is 13.8 Å². The predicted octanol–water partition coefficient (Wildman–Crippen LogP) is 3.69. The summed E-state index contributed by atoms with van der Waals surface area (Å²) in [4.78, 5) is 31.3. The molecule has 1 N–H and O–H groups in total. The summed E-state index contributed by atoms with van der Waals surface area (Å²) >= 11 is 3.45. The van der Waals surface area contributed by atoms with Crippen molar-refractivity contribution in [1.82, 2.24) is 9.97 Å². The first-order valence-electron chi connectivity index (χ1n) is 8.77. The Morgan fingerprint density at radius 1 is 1.14 bits per heavy atom. The molecule has 3 rings (SSSR count). The monoisotopic (exact) mass is 446 g/mol. The van der Waals surface area contributed by atoms with Crippen LogP contribution in [0.5, 0.6) is 11.5 Å². The third kappa shape index (κ3) is 4.33. The summed E-state index contributed by atoms with van der Waals surface area (Å²) in [5, 5.41) is 0.518. The number of carbonyl (C=O) groups excluding carboxylic acids is 1. The maximum atomic E-state index is 12.4. The molecule has 1 heterocycles. The van der Waals surface area contributed by atoms with Crippen molar-refractivity contribution in [1.29, 1.82) is 0 Å². The van der Waals surface area contributed by atoms with Gasteiger partial charge in [-0.1, -0.05) is 12.1 Å². The molecular formula is C20H19BrN2O5. The van der Waals surface area contributed by atoms with Gasteiger partial charge in [0.15, 0.2) is 18.1 Å². The smallest absolute Gasteiger partial charge is 0.344 e. The Kier molecular flexibility index (Phi) is 6.30. The molecule has 0 spiro atoms. The number of esters is 1. The van der Waals surface area contributed by atoms with Crippen LogP contribution in [0.25, 0.3) is 22.3 Å². The lowest BCUT2D eigenvalue weighted by molar-refractivity contribution is -0.145. The number of benzene rings is 2. The van der Waals surface area contributed by atoms with Crippen LogP contribution >= 0.6 is 15.9 Å². The molecule has 0 aliphatic heterocycles. The Balaban J connectivity index is 2.01. The van der Waals surface area contributed by atoms with Crippen molar-refractivity contribution >= 4 is 32.8 Å². The Labute approximate surface area is 169 Å². The van der Waals surface area contributed by atoms with Crippen molar-refractivity contribution in [3.8, 4) is 22.9 Å². The van der Waals surface area contributed by atoms with Crippen molar-refractivity contribution in [3.63, 3.8) is 0 Å². The van der Waals surface area contributed by atoms with E-state index in [1.807, 2.05) is 13.0 Å². The van der Waals surface area contributed by atoms with Crippen LogP contribution in [0.15, 0.2) is 45.7 Å². The maximum absolute atomic E-state index is 12.4. The van der Waals surface area contributed by atoms with Crippen LogP contribution in [-0.4, -0.2) is 35.8 Å². The lowest BCUT2D eigenvalue weighted by Crippen LogP contribution is -2.15. The Morgan fingerprint density at radius 2 is 1.93 bits per heavy atom. The average Bonchev–Trinajstić information content (AvgIpc) is 2.67. The molecule has 1 aromatic heterocycles. The molecule has 0 unspecified atom stereocenters. The average molecular weight is 447 g/mol. The van der Waals surface area contributed by atoms with Gasteiger partial charge in [-0.3, -0.25) is 4.79 Å². The molecule has 7 nitrogen and oxygen atoms in total. The van der Waals surface area contributed by atoms with Gasteiger partial charge in [-0.2, -0.15) is 0 Å². The Bertz CT molecular complexity index is 1060. The van der Waals surface area contributed by atoms with E-state index in [1.54, 1.807) is 37.3 Å². The van der Waals surface area contributed by atoms with Crippen LogP contribution < -0.4 is 15.0 Å². The van der Waals surface area contributed by atoms with Crippen molar-refractivity contribution < 1.29 is 19.0 Å². The fourth-order valence-electron chi connectivity index (χ4n) is 2.66. The Morgan fingerprint density at radius 3 is 2.68 bits per heavy atom. The third-order valence-electron chi connectivity index (χ3n) is 3.84. The van der Waals surface area contributed by atoms with Crippen molar-refractivity contribution in [3.05, 3.63) is 51.2 Å². The van der Waals surface area contributed by atoms with Crippen molar-refractivity contribution in [2.24, 2.45) is 0 Å². The number of aromatic nitrogens is 2. The standard InChI is InChI=1S/C20H19BrN2O5/c1-3-26-16-10-12(9-14(21)18(16)28-11-17(24)27-4-2)19-22-15-8-6-5-7-13(15)20(25)23-19/h5-10H,3-4,11H2,1-2H3,(H,22,23,25). The van der Waals surface area contributed by atoms with Crippen molar-refractivity contribution in [2.45, 2.75) is 13.8 Å². The zero-order valence-electron chi connectivity index (χ0n) is 15.5. The van der Waals surface area contributed by atoms with E-state index >= 15 is 0 Å². The van der Waals surface area contributed by atoms with Gasteiger partial charge in [-0.25, -0.2) is 9.78 Å². The molecule has 146 valence electrons. The molecule has 0 atom stereocenters. The molecule has 28 heavy (non-hydrogen) atoms. The molecule has 0 amide bonds. The highest BCUT2D eigenvalue weighted by Gasteiger charge is 2.16. The summed E-state index contributed by atoms with van der Waals surface area (Å²) in [6.45, 7) is 4.00. The molecule has 0 aliphatic rings. The lowest BCUT2D eigenvalue weighted by atomic mass is 10.1. The van der Waals surface area contributed by atoms with Gasteiger partial charge < -0.3 is 19.2 Å². The van der Waals surface area contributed by atoms with Gasteiger partial charge in [-0.15, -0.1) is 0 Å². The van der Waals surface area contributed by atoms with E-state index in [0.717, 1.165) is 0 Å². The number of ether oxygens (including phenoxy) is 3. The molecule has 0 bridgehead atoms. The predicted molar refractivity (Wildman–Crippen MR) is 109 cm³/mol. The van der Waals surface area contributed by atoms with E-state index in [4.69, 9.17) is 14.2 Å². The summed E-state index contributed by atoms with van der Waals surface area (Å²) in [5.74, 6) is 0.734. The van der Waals surface area contributed by atoms with E-state index in [2.05, 4.69) is 25.9 Å². The lowest BCUT2D eigenvalue weighted by Gasteiger charge is -2.15. The molecule has 0 fully saturated rings. The number of aromatic amines is 1. The van der Waals surface area contributed by atoms with Gasteiger partial charge in [0.2, 0.25) is 0 Å². The first-order chi connectivity index (χ1) is 13.5. The van der Waals surface area contributed by atoms with Crippen LogP contribution in [0.4, 0.5) is 0 Å². The van der Waals surface area contributed by atoms with E-state index < -0.39 is 5.97 Å². The second-order valence-electron chi connectivity index (χ2n) is 5.74. The van der Waals surface area contributed by atoms with Gasteiger partial charge in [0.1, 0.15) is 5.82 Å². The topological polar surface area (TPSA) is 90.5 Å². The number of para-hydroxylation sites is 1. The summed E-state index contributed by atoms with van der Waals surface area (Å²) in [6.07, 6.45) is 0. The molecule has 0 aliphatic carbocycles. The number of nitrogens with zero attached hydrogens (tertiary/aromatic N) is 1. The number of fused-ring (bicyclic) bond motifs is 1. The molecule has 0 saturated carbocycles. The molecule has 0 saturated heterocycles. The van der Waals surface area contributed by atoms with Gasteiger partial charge in [0.25, 0.3) is 5.56 Å². The van der Waals surface area contributed by atoms with Crippen LogP contribution in [-0.2, 0) is 9.53 Å². The largest absolute Gasteiger partial charge is 0.490 e. The van der Waals surface area contributed by atoms with E-state index in [-0.39, 0.29) is 18.8 Å². The number of rotatable bonds is 7. The highest BCUT2D eigenvalue weighted by Crippen LogP contribution is 2.39. The summed E-state index contributed by atoms with van der Waals surface area (Å²) < 4.78 is 16.7. The Hall–Kier alpha value is -2.87. The number of nitrogens with one attached hydrogen (secondary N) is 1. The van der Waals surface area contributed by atoms with Gasteiger partial charge in [0.05, 0.1) is 28.6 Å². The second-order valence-corrected chi connectivity index (χ2v) is 6.60. The minimum Gasteiger partial charge on any atom is -0.490 e. The second kappa shape index (κ2) is 8.88. The molecule has 3 aromatic rings. The van der Waals surface area contributed by atoms with Crippen LogP contribution in [0.2, 0.25) is 0 Å². The van der Waals surface area contributed by atoms with Gasteiger partial charge in [-0.05, 0) is 54.0 Å². The van der Waals surface area contributed by atoms with E-state index in [9.17, 15) is 9.59 Å². The number of carbonyl (C=O) groups is 1. The first kappa shape index (κ1) is 19.9. The first-order valence-corrected chi connectivity index (χ1v) is 9.57. The molecule has 0 radical (unpaired) electrons. The van der Waals surface area contributed by atoms with E-state index in [1.165, 1.54) is 0 Å². The van der Waals surface area contributed by atoms with Crippen molar-refractivity contribution in [2.75, 3.05) is 19.8 Å². The van der Waals surface area contributed by atoms with Crippen LogP contribution in [0.3, 0.4) is 0 Å². The SMILES string of the molecule is CCOC(=O)COc1c(Br)cc(-c2nc3ccccc3c(=O)[nH]2)cc1OCC. The number of halogens is 1. The van der Waals surface area contributed by atoms with Gasteiger partial charge in [0, 0.05) is 5.56 Å². The third-order valence-corrected chi connectivity index (χ3v) is 4.42. The van der Waals surface area contributed by atoms with Crippen LogP contribution in [0, 0.1) is 0 Å². The zero-order chi connectivity index (χ0) is 20.1. The number of hydrogen-bond acceptors (Lipinski definition) is 6. The minimum atomic E-state index is -0.471. The summed E-state index contributed by atoms with van der Waals surface area (Å²) in [6, 6.07) is 10.6. The summed E-state index contributed by atoms with van der Waals surface area (Å²) in [7, 11) is 0. The highest BCUT2D eigenvalue weighted by atomic mass is 79.9. The normalized spacial score (nSPS) is 10.7. The quantitative estimate of drug-likeness (QED) is 0.556. The molecular weight excluding hydrogens is 428 g/mol. The van der Waals surface area contributed by atoms with Gasteiger partial charge >= 0.3 is 5.97 Å². The number of hydrogen-bond donors (Lipinski definition) is 1. The number of H-pyrrole nitrogens is 1. The fourth-order valence-corrected chi connectivity index (χ4v) is 3.22. The highest BCUT2D eigenvalue weighted by molar-refractivity contribution is 9.10.